The van der Waals surface area contributed by atoms with Gasteiger partial charge in [-0.1, -0.05) is 6.92 Å². The van der Waals surface area contributed by atoms with E-state index in [0.717, 1.165) is 43.1 Å². The molecule has 0 bridgehead atoms. The Morgan fingerprint density at radius 1 is 1.08 bits per heavy atom. The number of carbonyl (C=O) groups is 1. The number of hydrogen-bond donors (Lipinski definition) is 2. The zero-order chi connectivity index (χ0) is 18.2. The molecule has 1 amide bonds. The molecule has 1 aromatic heterocycles. The Kier molecular flexibility index (Phi) is 6.74. The van der Waals surface area contributed by atoms with Gasteiger partial charge in [-0.3, -0.25) is 4.79 Å². The summed E-state index contributed by atoms with van der Waals surface area (Å²) in [4.78, 5) is 23.3. The van der Waals surface area contributed by atoms with Crippen LogP contribution in [0.3, 0.4) is 0 Å². The van der Waals surface area contributed by atoms with Crippen LogP contribution in [0.25, 0.3) is 0 Å². The van der Waals surface area contributed by atoms with Gasteiger partial charge in [0.2, 0.25) is 5.95 Å². The van der Waals surface area contributed by atoms with Crippen molar-refractivity contribution in [2.75, 3.05) is 35.2 Å². The van der Waals surface area contributed by atoms with Crippen LogP contribution < -0.4 is 15.5 Å². The summed E-state index contributed by atoms with van der Waals surface area (Å²) in [6.07, 6.45) is 0.970. The average Bonchev–Trinajstić information content (AvgIpc) is 2.62. The molecule has 0 fully saturated rings. The van der Waals surface area contributed by atoms with Crippen LogP contribution in [0.4, 0.5) is 17.3 Å². The fourth-order valence-electron chi connectivity index (χ4n) is 2.54. The molecular weight excluding hydrogens is 314 g/mol. The maximum atomic E-state index is 12.5. The van der Waals surface area contributed by atoms with Crippen molar-refractivity contribution in [3.8, 4) is 0 Å². The van der Waals surface area contributed by atoms with Gasteiger partial charge >= 0.3 is 0 Å². The van der Waals surface area contributed by atoms with Crippen LogP contribution in [0, 0.1) is 6.92 Å². The van der Waals surface area contributed by atoms with E-state index in [0.29, 0.717) is 11.6 Å². The third-order valence-electron chi connectivity index (χ3n) is 3.87. The quantitative estimate of drug-likeness (QED) is 0.766. The van der Waals surface area contributed by atoms with Gasteiger partial charge in [0.15, 0.2) is 0 Å². The first-order valence-electron chi connectivity index (χ1n) is 8.83. The molecule has 0 aliphatic rings. The summed E-state index contributed by atoms with van der Waals surface area (Å²) in [6, 6.07) is 9.55. The number of nitrogens with zero attached hydrogens (tertiary/aromatic N) is 3. The Labute approximate surface area is 149 Å². The van der Waals surface area contributed by atoms with E-state index < -0.39 is 0 Å². The maximum absolute atomic E-state index is 12.5. The lowest BCUT2D eigenvalue weighted by molar-refractivity contribution is 0.102. The Hall–Kier alpha value is -2.63. The molecule has 25 heavy (non-hydrogen) atoms. The van der Waals surface area contributed by atoms with Crippen molar-refractivity contribution in [1.82, 2.24) is 9.97 Å². The topological polar surface area (TPSA) is 70.2 Å². The van der Waals surface area contributed by atoms with Gasteiger partial charge in [0, 0.05) is 36.7 Å². The molecule has 0 saturated heterocycles. The zero-order valence-electron chi connectivity index (χ0n) is 15.5. The van der Waals surface area contributed by atoms with Crippen molar-refractivity contribution in [1.29, 1.82) is 0 Å². The fourth-order valence-corrected chi connectivity index (χ4v) is 2.54. The van der Waals surface area contributed by atoms with Crippen LogP contribution in [0.1, 0.15) is 43.4 Å². The second-order valence-electron chi connectivity index (χ2n) is 5.82. The molecule has 134 valence electrons. The lowest BCUT2D eigenvalue weighted by atomic mass is 10.2. The number of rotatable bonds is 8. The molecule has 0 aliphatic heterocycles. The van der Waals surface area contributed by atoms with Gasteiger partial charge in [0.25, 0.3) is 5.91 Å². The highest BCUT2D eigenvalue weighted by Gasteiger charge is 2.11. The average molecular weight is 341 g/mol. The predicted octanol–water partition coefficient (Wildman–Crippen LogP) is 3.71. The molecule has 1 heterocycles. The Morgan fingerprint density at radius 3 is 2.36 bits per heavy atom. The Balaban J connectivity index is 2.10. The van der Waals surface area contributed by atoms with Crippen molar-refractivity contribution in [2.24, 2.45) is 0 Å². The van der Waals surface area contributed by atoms with E-state index in [4.69, 9.17) is 0 Å². The largest absolute Gasteiger partial charge is 0.372 e. The van der Waals surface area contributed by atoms with Gasteiger partial charge in [-0.15, -0.1) is 0 Å². The van der Waals surface area contributed by atoms with Crippen molar-refractivity contribution in [2.45, 2.75) is 34.1 Å². The highest BCUT2D eigenvalue weighted by Crippen LogP contribution is 2.18. The summed E-state index contributed by atoms with van der Waals surface area (Å²) in [6.45, 7) is 10.9. The van der Waals surface area contributed by atoms with Crippen LogP contribution in [0.15, 0.2) is 30.3 Å². The zero-order valence-corrected chi connectivity index (χ0v) is 15.5. The van der Waals surface area contributed by atoms with E-state index in [1.165, 1.54) is 0 Å². The SMILES string of the molecule is CCCNc1nc(C)cc(C(=O)Nc2ccc(N(CC)CC)cc2)n1. The second kappa shape index (κ2) is 9.01. The molecule has 0 spiro atoms. The molecule has 0 atom stereocenters. The monoisotopic (exact) mass is 341 g/mol. The third-order valence-corrected chi connectivity index (χ3v) is 3.87. The molecule has 0 unspecified atom stereocenters. The molecule has 1 aromatic carbocycles. The normalized spacial score (nSPS) is 10.4. The smallest absolute Gasteiger partial charge is 0.274 e. The van der Waals surface area contributed by atoms with Gasteiger partial charge in [-0.05, 0) is 57.5 Å². The molecule has 2 N–H and O–H groups in total. The number of benzene rings is 1. The molecule has 6 nitrogen and oxygen atoms in total. The molecule has 0 aliphatic carbocycles. The van der Waals surface area contributed by atoms with Gasteiger partial charge < -0.3 is 15.5 Å². The minimum absolute atomic E-state index is 0.236. The van der Waals surface area contributed by atoms with Gasteiger partial charge in [-0.2, -0.15) is 0 Å². The first kappa shape index (κ1) is 18.7. The highest BCUT2D eigenvalue weighted by molar-refractivity contribution is 6.03. The van der Waals surface area contributed by atoms with E-state index in [1.54, 1.807) is 6.07 Å². The van der Waals surface area contributed by atoms with E-state index in [2.05, 4.69) is 46.3 Å². The summed E-state index contributed by atoms with van der Waals surface area (Å²) in [5.74, 6) is 0.254. The lowest BCUT2D eigenvalue weighted by Crippen LogP contribution is -2.21. The van der Waals surface area contributed by atoms with Crippen molar-refractivity contribution in [3.63, 3.8) is 0 Å². The summed E-state index contributed by atoms with van der Waals surface area (Å²) in [5.41, 5.74) is 3.02. The second-order valence-corrected chi connectivity index (χ2v) is 5.82. The van der Waals surface area contributed by atoms with E-state index >= 15 is 0 Å². The number of amides is 1. The molecular formula is C19H27N5O. The van der Waals surface area contributed by atoms with Crippen LogP contribution in [0.2, 0.25) is 0 Å². The highest BCUT2D eigenvalue weighted by atomic mass is 16.1. The van der Waals surface area contributed by atoms with Crippen LogP contribution in [-0.2, 0) is 0 Å². The number of hydrogen-bond acceptors (Lipinski definition) is 5. The van der Waals surface area contributed by atoms with E-state index in [9.17, 15) is 4.79 Å². The van der Waals surface area contributed by atoms with Crippen LogP contribution in [0.5, 0.6) is 0 Å². The lowest BCUT2D eigenvalue weighted by Gasteiger charge is -2.21. The van der Waals surface area contributed by atoms with Crippen molar-refractivity contribution >= 4 is 23.2 Å². The molecule has 2 aromatic rings. The summed E-state index contributed by atoms with van der Waals surface area (Å²) < 4.78 is 0. The summed E-state index contributed by atoms with van der Waals surface area (Å²) >= 11 is 0. The minimum atomic E-state index is -0.236. The Bertz CT molecular complexity index is 695. The molecule has 2 rings (SSSR count). The maximum Gasteiger partial charge on any atom is 0.274 e. The van der Waals surface area contributed by atoms with E-state index in [1.807, 2.05) is 31.2 Å². The predicted molar refractivity (Wildman–Crippen MR) is 104 cm³/mol. The first-order valence-corrected chi connectivity index (χ1v) is 8.83. The number of carbonyl (C=O) groups excluding carboxylic acids is 1. The number of aryl methyl sites for hydroxylation is 1. The fraction of sp³-hybridized carbons (Fsp3) is 0.421. The summed E-state index contributed by atoms with van der Waals surface area (Å²) in [7, 11) is 0. The molecule has 0 saturated carbocycles. The van der Waals surface area contributed by atoms with Crippen molar-refractivity contribution in [3.05, 3.63) is 41.7 Å². The minimum Gasteiger partial charge on any atom is -0.372 e. The number of nitrogens with one attached hydrogen (secondary N) is 2. The van der Waals surface area contributed by atoms with E-state index in [-0.39, 0.29) is 5.91 Å². The standard InChI is InChI=1S/C19H27N5O/c1-5-12-20-19-21-14(4)13-17(23-19)18(25)22-15-8-10-16(11-9-15)24(6-2)7-3/h8-11,13H,5-7,12H2,1-4H3,(H,22,25)(H,20,21,23). The van der Waals surface area contributed by atoms with Crippen LogP contribution in [-0.4, -0.2) is 35.5 Å². The molecule has 0 radical (unpaired) electrons. The number of anilines is 3. The van der Waals surface area contributed by atoms with Gasteiger partial charge in [-0.25, -0.2) is 9.97 Å². The third kappa shape index (κ3) is 5.17. The van der Waals surface area contributed by atoms with Gasteiger partial charge in [0.1, 0.15) is 5.69 Å². The number of aromatic nitrogens is 2. The molecule has 6 heteroatoms. The van der Waals surface area contributed by atoms with Crippen molar-refractivity contribution < 1.29 is 4.79 Å². The van der Waals surface area contributed by atoms with Crippen LogP contribution >= 0.6 is 0 Å². The summed E-state index contributed by atoms with van der Waals surface area (Å²) in [5, 5.41) is 6.01. The van der Waals surface area contributed by atoms with Gasteiger partial charge in [0.05, 0.1) is 0 Å². The Morgan fingerprint density at radius 2 is 1.76 bits per heavy atom. The first-order chi connectivity index (χ1) is 12.1.